The minimum absolute atomic E-state index is 0.841. The third-order valence-corrected chi connectivity index (χ3v) is 6.16. The number of aryl methyl sites for hydroxylation is 1. The zero-order valence-electron chi connectivity index (χ0n) is 18.6. The van der Waals surface area contributed by atoms with Crippen LogP contribution >= 0.6 is 0 Å². The van der Waals surface area contributed by atoms with Gasteiger partial charge in [0.1, 0.15) is 6.20 Å². The first-order valence-corrected chi connectivity index (χ1v) is 10.9. The molecule has 5 rings (SSSR count). The van der Waals surface area contributed by atoms with Gasteiger partial charge in [-0.25, -0.2) is 4.98 Å². The predicted molar refractivity (Wildman–Crippen MR) is 132 cm³/mol. The van der Waals surface area contributed by atoms with Crippen LogP contribution in [0.25, 0.3) is 11.8 Å². The molecule has 0 atom stereocenters. The van der Waals surface area contributed by atoms with Crippen LogP contribution in [0.2, 0.25) is 0 Å². The number of anilines is 1. The van der Waals surface area contributed by atoms with Crippen molar-refractivity contribution in [2.45, 2.75) is 6.92 Å². The van der Waals surface area contributed by atoms with Gasteiger partial charge in [-0.05, 0) is 31.2 Å². The molecule has 0 saturated heterocycles. The molecule has 0 aliphatic carbocycles. The van der Waals surface area contributed by atoms with E-state index in [9.17, 15) is 0 Å². The lowest BCUT2D eigenvalue weighted by atomic mass is 9.40. The van der Waals surface area contributed by atoms with Crippen LogP contribution in [0.1, 0.15) is 17.0 Å². The van der Waals surface area contributed by atoms with Crippen LogP contribution in [0.4, 0.5) is 5.69 Å². The van der Waals surface area contributed by atoms with Gasteiger partial charge in [0.25, 0.3) is 0 Å². The SMILES string of the molecule is Cc1c[n+]2c(cn1)C=C(c1ccc(N(C)C)cc1)O[B-]2(c1ccccc1)c1ccccc1. The Morgan fingerprint density at radius 1 is 0.812 bits per heavy atom. The van der Waals surface area contributed by atoms with E-state index in [0.29, 0.717) is 0 Å². The molecule has 3 aromatic carbocycles. The maximum absolute atomic E-state index is 7.06. The molecule has 1 aliphatic heterocycles. The minimum Gasteiger partial charge on any atom is -0.651 e. The smallest absolute Gasteiger partial charge is 0.513 e. The van der Waals surface area contributed by atoms with Crippen molar-refractivity contribution in [3.8, 4) is 0 Å². The molecule has 0 radical (unpaired) electrons. The molecule has 0 bridgehead atoms. The molecule has 4 nitrogen and oxygen atoms in total. The lowest BCUT2D eigenvalue weighted by Gasteiger charge is -2.41. The standard InChI is InChI=1S/C27H26BN3O/c1-21-20-31-26(19-29-21)18-27(22-14-16-25(17-15-22)30(2)3)32-28(31,23-10-6-4-7-11-23)24-12-8-5-9-13-24/h4-20H,1-3H3. The Kier molecular flexibility index (Phi) is 5.02. The second-order valence-corrected chi connectivity index (χ2v) is 8.49. The van der Waals surface area contributed by atoms with E-state index in [1.807, 2.05) is 39.3 Å². The maximum Gasteiger partial charge on any atom is 0.513 e. The average Bonchev–Trinajstić information content (AvgIpc) is 2.84. The van der Waals surface area contributed by atoms with E-state index in [1.165, 1.54) is 0 Å². The van der Waals surface area contributed by atoms with Gasteiger partial charge >= 0.3 is 6.48 Å². The summed E-state index contributed by atoms with van der Waals surface area (Å²) in [7, 11) is 4.09. The summed E-state index contributed by atoms with van der Waals surface area (Å²) in [5.74, 6) is 0.841. The van der Waals surface area contributed by atoms with Gasteiger partial charge in [0.2, 0.25) is 0 Å². The summed E-state index contributed by atoms with van der Waals surface area (Å²) in [5.41, 5.74) is 6.39. The van der Waals surface area contributed by atoms with Gasteiger partial charge < -0.3 is 14.0 Å². The summed E-state index contributed by atoms with van der Waals surface area (Å²) >= 11 is 0. The number of hydrogen-bond acceptors (Lipinski definition) is 3. The number of aromatic nitrogens is 2. The highest BCUT2D eigenvalue weighted by Gasteiger charge is 2.48. The molecule has 32 heavy (non-hydrogen) atoms. The quantitative estimate of drug-likeness (QED) is 0.475. The first kappa shape index (κ1) is 20.1. The van der Waals surface area contributed by atoms with Crippen molar-refractivity contribution in [3.05, 3.63) is 114 Å². The fourth-order valence-electron chi connectivity index (χ4n) is 4.53. The van der Waals surface area contributed by atoms with Crippen molar-refractivity contribution < 1.29 is 9.13 Å². The molecule has 1 aromatic heterocycles. The third-order valence-electron chi connectivity index (χ3n) is 6.16. The van der Waals surface area contributed by atoms with Crippen LogP contribution in [0, 0.1) is 6.92 Å². The Balaban J connectivity index is 1.77. The highest BCUT2D eigenvalue weighted by atomic mass is 16.5. The lowest BCUT2D eigenvalue weighted by molar-refractivity contribution is -0.558. The van der Waals surface area contributed by atoms with Gasteiger partial charge in [-0.1, -0.05) is 71.6 Å². The van der Waals surface area contributed by atoms with E-state index in [-0.39, 0.29) is 0 Å². The summed E-state index contributed by atoms with van der Waals surface area (Å²) in [6.45, 7) is 0.257. The Hall–Kier alpha value is -3.86. The molecule has 4 aromatic rings. The number of benzene rings is 3. The number of rotatable bonds is 4. The van der Waals surface area contributed by atoms with Crippen molar-refractivity contribution >= 4 is 34.9 Å². The summed E-state index contributed by atoms with van der Waals surface area (Å²) in [6.07, 6.45) is 6.12. The second-order valence-electron chi connectivity index (χ2n) is 8.49. The predicted octanol–water partition coefficient (Wildman–Crippen LogP) is 3.38. The van der Waals surface area contributed by atoms with Crippen LogP contribution in [0.3, 0.4) is 0 Å². The molecule has 1 aliphatic rings. The number of fused-ring (bicyclic) bond motifs is 1. The second kappa shape index (κ2) is 8.01. The molecule has 2 heterocycles. The van der Waals surface area contributed by atoms with Crippen molar-refractivity contribution in [1.82, 2.24) is 4.98 Å². The van der Waals surface area contributed by atoms with Crippen LogP contribution in [-0.2, 0) is 4.65 Å². The monoisotopic (exact) mass is 419 g/mol. The van der Waals surface area contributed by atoms with Gasteiger partial charge in [-0.3, -0.25) is 0 Å². The van der Waals surface area contributed by atoms with Crippen molar-refractivity contribution in [2.75, 3.05) is 19.0 Å². The number of nitrogens with zero attached hydrogens (tertiary/aromatic N) is 3. The zero-order valence-corrected chi connectivity index (χ0v) is 18.6. The van der Waals surface area contributed by atoms with Crippen LogP contribution < -0.4 is 20.3 Å². The summed E-state index contributed by atoms with van der Waals surface area (Å²) in [5, 5.41) is 0. The Morgan fingerprint density at radius 3 is 1.97 bits per heavy atom. The molecule has 0 N–H and O–H groups in total. The van der Waals surface area contributed by atoms with E-state index in [1.54, 1.807) is 0 Å². The molecule has 5 heteroatoms. The molecule has 0 saturated carbocycles. The fraction of sp³-hybridized carbons (Fsp3) is 0.111. The topological polar surface area (TPSA) is 29.2 Å². The van der Waals surface area contributed by atoms with E-state index in [0.717, 1.165) is 39.3 Å². The maximum atomic E-state index is 7.06. The highest BCUT2D eigenvalue weighted by molar-refractivity contribution is 6.91. The Labute approximate surface area is 189 Å². The van der Waals surface area contributed by atoms with E-state index in [2.05, 4.69) is 99.4 Å². The molecular formula is C27H26BN3O. The van der Waals surface area contributed by atoms with E-state index >= 15 is 0 Å². The van der Waals surface area contributed by atoms with Crippen molar-refractivity contribution in [2.24, 2.45) is 0 Å². The minimum atomic E-state index is -1.76. The lowest BCUT2D eigenvalue weighted by Crippen LogP contribution is -2.81. The Morgan fingerprint density at radius 2 is 1.41 bits per heavy atom. The van der Waals surface area contributed by atoms with Crippen LogP contribution in [-0.4, -0.2) is 25.6 Å². The summed E-state index contributed by atoms with van der Waals surface area (Å²) in [4.78, 5) is 6.69. The van der Waals surface area contributed by atoms with E-state index in [4.69, 9.17) is 4.65 Å². The highest BCUT2D eigenvalue weighted by Crippen LogP contribution is 2.27. The van der Waals surface area contributed by atoms with Crippen LogP contribution in [0.15, 0.2) is 97.3 Å². The van der Waals surface area contributed by atoms with Crippen LogP contribution in [0.5, 0.6) is 0 Å². The average molecular weight is 419 g/mol. The number of hydrogen-bond donors (Lipinski definition) is 0. The van der Waals surface area contributed by atoms with Gasteiger partial charge in [0.05, 0.1) is 17.6 Å². The van der Waals surface area contributed by atoms with Gasteiger partial charge in [-0.2, -0.15) is 0 Å². The summed E-state index contributed by atoms with van der Waals surface area (Å²) in [6, 6.07) is 29.5. The molecule has 0 unspecified atom stereocenters. The first-order chi connectivity index (χ1) is 15.6. The molecule has 0 spiro atoms. The normalized spacial score (nSPS) is 14.2. The van der Waals surface area contributed by atoms with Gasteiger partial charge in [-0.15, -0.1) is 0 Å². The Bertz CT molecular complexity index is 1230. The third kappa shape index (κ3) is 3.36. The molecule has 158 valence electrons. The molecular weight excluding hydrogens is 393 g/mol. The van der Waals surface area contributed by atoms with E-state index < -0.39 is 6.48 Å². The van der Waals surface area contributed by atoms with Crippen molar-refractivity contribution in [3.63, 3.8) is 0 Å². The molecule has 0 fully saturated rings. The summed E-state index contributed by atoms with van der Waals surface area (Å²) < 4.78 is 9.31. The zero-order chi connectivity index (χ0) is 22.1. The largest absolute Gasteiger partial charge is 0.651 e. The molecule has 0 amide bonds. The first-order valence-electron chi connectivity index (χ1n) is 10.9. The van der Waals surface area contributed by atoms with Gasteiger partial charge in [0.15, 0.2) is 5.69 Å². The van der Waals surface area contributed by atoms with Crippen molar-refractivity contribution in [1.29, 1.82) is 0 Å². The fourth-order valence-corrected chi connectivity index (χ4v) is 4.53. The van der Waals surface area contributed by atoms with Gasteiger partial charge in [0, 0.05) is 31.4 Å².